The van der Waals surface area contributed by atoms with Crippen molar-refractivity contribution in [2.24, 2.45) is 0 Å². The maximum Gasteiger partial charge on any atom is 0.211 e. The predicted molar refractivity (Wildman–Crippen MR) is 124 cm³/mol. The van der Waals surface area contributed by atoms with Crippen LogP contribution in [0.15, 0.2) is 42.5 Å². The third-order valence-electron chi connectivity index (χ3n) is 6.08. The first-order valence-corrected chi connectivity index (χ1v) is 12.5. The zero-order valence-electron chi connectivity index (χ0n) is 18.2. The van der Waals surface area contributed by atoms with Gasteiger partial charge in [-0.05, 0) is 25.0 Å². The summed E-state index contributed by atoms with van der Waals surface area (Å²) in [7, 11) is -3.27. The van der Waals surface area contributed by atoms with Gasteiger partial charge in [-0.15, -0.1) is 5.10 Å². The van der Waals surface area contributed by atoms with Crippen LogP contribution in [0.2, 0.25) is 0 Å². The molecule has 11 heteroatoms. The van der Waals surface area contributed by atoms with Gasteiger partial charge in [-0.1, -0.05) is 30.3 Å². The maximum absolute atomic E-state index is 14.7. The van der Waals surface area contributed by atoms with Crippen molar-refractivity contribution in [3.8, 4) is 17.5 Å². The van der Waals surface area contributed by atoms with Gasteiger partial charge in [0.1, 0.15) is 22.7 Å². The number of aromatic nitrogens is 3. The first kappa shape index (κ1) is 22.2. The molecule has 2 aromatic heterocycles. The molecular formula is C23H20F2N6O2S. The van der Waals surface area contributed by atoms with E-state index in [2.05, 4.69) is 15.4 Å². The molecule has 1 N–H and O–H groups in total. The second-order valence-electron chi connectivity index (χ2n) is 8.24. The Bertz CT molecular complexity index is 1550. The minimum atomic E-state index is -3.27. The van der Waals surface area contributed by atoms with Crippen molar-refractivity contribution < 1.29 is 17.2 Å². The smallest absolute Gasteiger partial charge is 0.211 e. The molecule has 174 valence electrons. The SMILES string of the molecule is CS(=O)(=O)N1CCC(Nc2nn(C#N)c3c2nc(-c2c(F)cccc2F)c2ccccc23)CC1. The molecule has 5 rings (SSSR count). The molecule has 8 nitrogen and oxygen atoms in total. The number of anilines is 1. The first-order valence-electron chi connectivity index (χ1n) is 10.7. The normalized spacial score (nSPS) is 15.6. The topological polar surface area (TPSA) is 104 Å². The number of piperidine rings is 1. The zero-order chi connectivity index (χ0) is 24.0. The van der Waals surface area contributed by atoms with Gasteiger partial charge in [0, 0.05) is 29.9 Å². The van der Waals surface area contributed by atoms with Crippen LogP contribution in [0.4, 0.5) is 14.6 Å². The Balaban J connectivity index is 1.65. The summed E-state index contributed by atoms with van der Waals surface area (Å²) in [5.74, 6) is -1.18. The summed E-state index contributed by atoms with van der Waals surface area (Å²) in [4.78, 5) is 4.60. The third kappa shape index (κ3) is 3.74. The van der Waals surface area contributed by atoms with Crippen molar-refractivity contribution in [2.45, 2.75) is 18.9 Å². The predicted octanol–water partition coefficient (Wildman–Crippen LogP) is 3.69. The van der Waals surface area contributed by atoms with E-state index in [9.17, 15) is 22.5 Å². The van der Waals surface area contributed by atoms with Crippen LogP contribution in [0.5, 0.6) is 0 Å². The van der Waals surface area contributed by atoms with E-state index in [1.54, 1.807) is 24.3 Å². The average molecular weight is 483 g/mol. The number of pyridine rings is 1. The summed E-state index contributed by atoms with van der Waals surface area (Å²) in [5.41, 5.74) is 0.599. The van der Waals surface area contributed by atoms with Crippen LogP contribution in [0.25, 0.3) is 33.1 Å². The van der Waals surface area contributed by atoms with Gasteiger partial charge in [-0.3, -0.25) is 0 Å². The summed E-state index contributed by atoms with van der Waals surface area (Å²) in [6, 6.07) is 10.5. The summed E-state index contributed by atoms with van der Waals surface area (Å²) in [6.45, 7) is 0.713. The Labute approximate surface area is 194 Å². The Morgan fingerprint density at radius 3 is 2.32 bits per heavy atom. The Hall–Kier alpha value is -3.62. The first-order chi connectivity index (χ1) is 16.3. The van der Waals surface area contributed by atoms with Crippen molar-refractivity contribution in [2.75, 3.05) is 24.7 Å². The number of hydrogen-bond acceptors (Lipinski definition) is 6. The molecule has 1 aliphatic rings. The van der Waals surface area contributed by atoms with E-state index in [1.807, 2.05) is 6.19 Å². The number of halogens is 2. The van der Waals surface area contributed by atoms with Crippen LogP contribution in [-0.4, -0.2) is 52.9 Å². The van der Waals surface area contributed by atoms with Gasteiger partial charge in [0.05, 0.1) is 17.5 Å². The summed E-state index contributed by atoms with van der Waals surface area (Å²) in [5, 5.41) is 18.4. The van der Waals surface area contributed by atoms with E-state index in [4.69, 9.17) is 0 Å². The molecule has 3 heterocycles. The Morgan fingerprint density at radius 1 is 1.06 bits per heavy atom. The number of nitriles is 1. The lowest BCUT2D eigenvalue weighted by atomic mass is 10.0. The van der Waals surface area contributed by atoms with E-state index in [0.717, 1.165) is 4.68 Å². The molecule has 0 radical (unpaired) electrons. The molecule has 0 unspecified atom stereocenters. The second kappa shape index (κ2) is 8.30. The molecule has 1 saturated heterocycles. The highest BCUT2D eigenvalue weighted by molar-refractivity contribution is 7.88. The largest absolute Gasteiger partial charge is 0.364 e. The van der Waals surface area contributed by atoms with Crippen LogP contribution in [0, 0.1) is 23.1 Å². The number of nitrogens with zero attached hydrogens (tertiary/aromatic N) is 5. The summed E-state index contributed by atoms with van der Waals surface area (Å²) >= 11 is 0. The minimum absolute atomic E-state index is 0.106. The van der Waals surface area contributed by atoms with Crippen molar-refractivity contribution in [3.05, 3.63) is 54.1 Å². The van der Waals surface area contributed by atoms with E-state index in [-0.39, 0.29) is 17.3 Å². The van der Waals surface area contributed by atoms with E-state index < -0.39 is 21.7 Å². The van der Waals surface area contributed by atoms with Crippen molar-refractivity contribution in [1.82, 2.24) is 19.1 Å². The number of fused-ring (bicyclic) bond motifs is 3. The molecule has 0 spiro atoms. The summed E-state index contributed by atoms with van der Waals surface area (Å²) < 4.78 is 55.6. The molecule has 0 bridgehead atoms. The monoisotopic (exact) mass is 482 g/mol. The van der Waals surface area contributed by atoms with Gasteiger partial charge in [0.25, 0.3) is 0 Å². The van der Waals surface area contributed by atoms with Gasteiger partial charge in [0.2, 0.25) is 16.2 Å². The molecule has 1 fully saturated rings. The lowest BCUT2D eigenvalue weighted by Crippen LogP contribution is -2.41. The van der Waals surface area contributed by atoms with Crippen LogP contribution in [0.3, 0.4) is 0 Å². The lowest BCUT2D eigenvalue weighted by Gasteiger charge is -2.30. The molecule has 34 heavy (non-hydrogen) atoms. The van der Waals surface area contributed by atoms with Crippen molar-refractivity contribution in [3.63, 3.8) is 0 Å². The highest BCUT2D eigenvalue weighted by atomic mass is 32.2. The number of sulfonamides is 1. The van der Waals surface area contributed by atoms with Crippen LogP contribution < -0.4 is 5.32 Å². The Morgan fingerprint density at radius 2 is 1.71 bits per heavy atom. The van der Waals surface area contributed by atoms with Gasteiger partial charge in [-0.2, -0.15) is 9.94 Å². The molecule has 4 aromatic rings. The zero-order valence-corrected chi connectivity index (χ0v) is 19.0. The lowest BCUT2D eigenvalue weighted by molar-refractivity contribution is 0.331. The highest BCUT2D eigenvalue weighted by Gasteiger charge is 2.27. The highest BCUT2D eigenvalue weighted by Crippen LogP contribution is 2.37. The molecule has 0 aliphatic carbocycles. The van der Waals surface area contributed by atoms with Crippen LogP contribution in [0.1, 0.15) is 12.8 Å². The van der Waals surface area contributed by atoms with Gasteiger partial charge < -0.3 is 5.32 Å². The number of nitrogens with one attached hydrogen (secondary N) is 1. The fourth-order valence-electron chi connectivity index (χ4n) is 4.43. The fourth-order valence-corrected chi connectivity index (χ4v) is 5.31. The summed E-state index contributed by atoms with van der Waals surface area (Å²) in [6.07, 6.45) is 4.28. The quantitative estimate of drug-likeness (QED) is 0.476. The molecule has 0 saturated carbocycles. The molecule has 0 amide bonds. The van der Waals surface area contributed by atoms with Gasteiger partial charge >= 0.3 is 0 Å². The van der Waals surface area contributed by atoms with E-state index >= 15 is 0 Å². The maximum atomic E-state index is 14.7. The van der Waals surface area contributed by atoms with Crippen LogP contribution >= 0.6 is 0 Å². The number of benzene rings is 2. The van der Waals surface area contributed by atoms with E-state index in [1.165, 1.54) is 28.8 Å². The van der Waals surface area contributed by atoms with Gasteiger partial charge in [0.15, 0.2) is 5.82 Å². The van der Waals surface area contributed by atoms with Crippen molar-refractivity contribution >= 4 is 37.6 Å². The molecule has 0 atom stereocenters. The molecule has 2 aromatic carbocycles. The standard InChI is InChI=1S/C23H20F2N6O2S/c1-34(32,33)30-11-9-14(10-12-30)27-23-21-22(31(13-26)29-23)16-6-3-2-5-15(16)20(28-21)19-17(24)7-4-8-18(19)25/h2-8,14H,9-12H2,1H3,(H,27,29). The fraction of sp³-hybridized carbons (Fsp3) is 0.261. The van der Waals surface area contributed by atoms with Gasteiger partial charge in [-0.25, -0.2) is 26.5 Å². The average Bonchev–Trinajstić information content (AvgIpc) is 3.16. The number of hydrogen-bond donors (Lipinski definition) is 1. The third-order valence-corrected chi connectivity index (χ3v) is 7.38. The molecular weight excluding hydrogens is 462 g/mol. The molecule has 1 aliphatic heterocycles. The van der Waals surface area contributed by atoms with Crippen molar-refractivity contribution in [1.29, 1.82) is 5.26 Å². The number of rotatable bonds is 4. The van der Waals surface area contributed by atoms with E-state index in [0.29, 0.717) is 53.6 Å². The Kier molecular flexibility index (Phi) is 5.42. The second-order valence-corrected chi connectivity index (χ2v) is 10.2. The van der Waals surface area contributed by atoms with Crippen LogP contribution in [-0.2, 0) is 10.0 Å². The minimum Gasteiger partial charge on any atom is -0.364 e.